The standard InChI is InChI=1S/C20H25N3O4S/c1-28(26,27)23-17-8-4-7-16(11-17)20(25)22-13-19(24)12-21-18-9-14-5-2-3-6-15(14)10-18/h2-8,11,18-19,21,23-24H,9-10,12-13H2,1H3,(H,22,25)/t19-/m0/s1. The minimum absolute atomic E-state index is 0.106. The van der Waals surface area contributed by atoms with E-state index in [1.807, 2.05) is 12.1 Å². The molecule has 0 fully saturated rings. The lowest BCUT2D eigenvalue weighted by Crippen LogP contribution is -2.41. The molecule has 2 aromatic rings. The fourth-order valence-electron chi connectivity index (χ4n) is 3.33. The molecule has 28 heavy (non-hydrogen) atoms. The zero-order valence-corrected chi connectivity index (χ0v) is 16.5. The highest BCUT2D eigenvalue weighted by Gasteiger charge is 2.21. The summed E-state index contributed by atoms with van der Waals surface area (Å²) in [4.78, 5) is 12.3. The molecule has 3 rings (SSSR count). The summed E-state index contributed by atoms with van der Waals surface area (Å²) in [5.41, 5.74) is 3.31. The summed E-state index contributed by atoms with van der Waals surface area (Å²) in [5, 5.41) is 16.2. The lowest BCUT2D eigenvalue weighted by Gasteiger charge is -2.17. The summed E-state index contributed by atoms with van der Waals surface area (Å²) in [5.74, 6) is -0.371. The van der Waals surface area contributed by atoms with Gasteiger partial charge in [-0.1, -0.05) is 30.3 Å². The number of nitrogens with one attached hydrogen (secondary N) is 3. The van der Waals surface area contributed by atoms with Crippen LogP contribution in [-0.4, -0.2) is 50.9 Å². The highest BCUT2D eigenvalue weighted by molar-refractivity contribution is 7.92. The first kappa shape index (κ1) is 20.3. The molecule has 150 valence electrons. The summed E-state index contributed by atoms with van der Waals surface area (Å²) in [6.07, 6.45) is 2.21. The molecular weight excluding hydrogens is 378 g/mol. The normalized spacial score (nSPS) is 15.1. The summed E-state index contributed by atoms with van der Waals surface area (Å²) >= 11 is 0. The van der Waals surface area contributed by atoms with E-state index in [-0.39, 0.29) is 12.5 Å². The Morgan fingerprint density at radius 1 is 1.11 bits per heavy atom. The number of amides is 1. The van der Waals surface area contributed by atoms with Crippen molar-refractivity contribution in [3.05, 3.63) is 65.2 Å². The van der Waals surface area contributed by atoms with E-state index in [1.165, 1.54) is 17.2 Å². The maximum Gasteiger partial charge on any atom is 0.251 e. The first-order valence-electron chi connectivity index (χ1n) is 9.14. The van der Waals surface area contributed by atoms with Gasteiger partial charge in [-0.15, -0.1) is 0 Å². The number of hydrogen-bond donors (Lipinski definition) is 4. The van der Waals surface area contributed by atoms with Gasteiger partial charge in [0, 0.05) is 30.4 Å². The van der Waals surface area contributed by atoms with Gasteiger partial charge in [0.25, 0.3) is 5.91 Å². The maximum absolute atomic E-state index is 12.3. The number of aliphatic hydroxyl groups is 1. The first-order valence-corrected chi connectivity index (χ1v) is 11.0. The van der Waals surface area contributed by atoms with Gasteiger partial charge in [0.1, 0.15) is 0 Å². The maximum atomic E-state index is 12.3. The van der Waals surface area contributed by atoms with E-state index in [0.717, 1.165) is 19.1 Å². The third-order valence-electron chi connectivity index (χ3n) is 4.62. The molecule has 8 heteroatoms. The van der Waals surface area contributed by atoms with Crippen LogP contribution in [0.2, 0.25) is 0 Å². The molecule has 2 aromatic carbocycles. The van der Waals surface area contributed by atoms with Crippen LogP contribution >= 0.6 is 0 Å². The Bertz CT molecular complexity index is 921. The molecule has 1 atom stereocenters. The summed E-state index contributed by atoms with van der Waals surface area (Å²) in [6.45, 7) is 0.490. The smallest absolute Gasteiger partial charge is 0.251 e. The fourth-order valence-corrected chi connectivity index (χ4v) is 3.88. The summed E-state index contributed by atoms with van der Waals surface area (Å²) in [6, 6.07) is 14.8. The molecule has 0 bridgehead atoms. The van der Waals surface area contributed by atoms with Crippen LogP contribution < -0.4 is 15.4 Å². The molecule has 0 heterocycles. The number of anilines is 1. The van der Waals surface area contributed by atoms with Crippen molar-refractivity contribution in [2.24, 2.45) is 0 Å². The molecule has 1 aliphatic carbocycles. The van der Waals surface area contributed by atoms with E-state index in [1.54, 1.807) is 18.2 Å². The third kappa shape index (κ3) is 5.79. The second kappa shape index (κ2) is 8.72. The molecule has 1 amide bonds. The van der Waals surface area contributed by atoms with Crippen molar-refractivity contribution >= 4 is 21.6 Å². The molecule has 0 unspecified atom stereocenters. The summed E-state index contributed by atoms with van der Waals surface area (Å²) < 4.78 is 24.9. The van der Waals surface area contributed by atoms with Crippen molar-refractivity contribution in [3.63, 3.8) is 0 Å². The number of hydrogen-bond acceptors (Lipinski definition) is 5. The van der Waals surface area contributed by atoms with Gasteiger partial charge in [-0.25, -0.2) is 8.42 Å². The highest BCUT2D eigenvalue weighted by Crippen LogP contribution is 2.21. The second-order valence-electron chi connectivity index (χ2n) is 7.10. The number of aliphatic hydroxyl groups excluding tert-OH is 1. The fraction of sp³-hybridized carbons (Fsp3) is 0.350. The van der Waals surface area contributed by atoms with Crippen LogP contribution in [0.25, 0.3) is 0 Å². The Morgan fingerprint density at radius 3 is 2.43 bits per heavy atom. The van der Waals surface area contributed by atoms with Crippen LogP contribution in [0.1, 0.15) is 21.5 Å². The number of rotatable bonds is 8. The van der Waals surface area contributed by atoms with Gasteiger partial charge < -0.3 is 15.7 Å². The Hall–Kier alpha value is -2.42. The second-order valence-corrected chi connectivity index (χ2v) is 8.85. The van der Waals surface area contributed by atoms with Crippen LogP contribution in [-0.2, 0) is 22.9 Å². The van der Waals surface area contributed by atoms with Crippen molar-refractivity contribution in [2.45, 2.75) is 25.0 Å². The average molecular weight is 404 g/mol. The topological polar surface area (TPSA) is 108 Å². The Balaban J connectivity index is 1.44. The number of carbonyl (C=O) groups is 1. The molecule has 4 N–H and O–H groups in total. The molecule has 0 saturated carbocycles. The van der Waals surface area contributed by atoms with Gasteiger partial charge in [-0.2, -0.15) is 0 Å². The zero-order valence-electron chi connectivity index (χ0n) is 15.7. The van der Waals surface area contributed by atoms with E-state index < -0.39 is 16.1 Å². The van der Waals surface area contributed by atoms with Crippen LogP contribution in [0.5, 0.6) is 0 Å². The monoisotopic (exact) mass is 403 g/mol. The number of benzene rings is 2. The van der Waals surface area contributed by atoms with Crippen molar-refractivity contribution in [2.75, 3.05) is 24.1 Å². The number of sulfonamides is 1. The molecule has 0 aromatic heterocycles. The minimum atomic E-state index is -3.41. The minimum Gasteiger partial charge on any atom is -0.390 e. The largest absolute Gasteiger partial charge is 0.390 e. The van der Waals surface area contributed by atoms with Gasteiger partial charge in [0.2, 0.25) is 10.0 Å². The molecular formula is C20H25N3O4S. The van der Waals surface area contributed by atoms with Crippen molar-refractivity contribution in [1.29, 1.82) is 0 Å². The quantitative estimate of drug-likeness (QED) is 0.524. The van der Waals surface area contributed by atoms with Gasteiger partial charge in [-0.3, -0.25) is 9.52 Å². The highest BCUT2D eigenvalue weighted by atomic mass is 32.2. The summed E-state index contributed by atoms with van der Waals surface area (Å²) in [7, 11) is -3.41. The van der Waals surface area contributed by atoms with Crippen molar-refractivity contribution < 1.29 is 18.3 Å². The average Bonchev–Trinajstić information content (AvgIpc) is 3.06. The predicted octanol–water partition coefficient (Wildman–Crippen LogP) is 0.906. The van der Waals surface area contributed by atoms with Gasteiger partial charge >= 0.3 is 0 Å². The van der Waals surface area contributed by atoms with Crippen LogP contribution in [0.4, 0.5) is 5.69 Å². The molecule has 0 spiro atoms. The van der Waals surface area contributed by atoms with Gasteiger partial charge in [0.05, 0.1) is 12.4 Å². The van der Waals surface area contributed by atoms with E-state index in [4.69, 9.17) is 0 Å². The Labute approximate surface area is 165 Å². The van der Waals surface area contributed by atoms with E-state index in [0.29, 0.717) is 23.8 Å². The van der Waals surface area contributed by atoms with E-state index in [2.05, 4.69) is 27.5 Å². The van der Waals surface area contributed by atoms with Gasteiger partial charge in [-0.05, 0) is 42.2 Å². The third-order valence-corrected chi connectivity index (χ3v) is 5.23. The van der Waals surface area contributed by atoms with E-state index in [9.17, 15) is 18.3 Å². The Morgan fingerprint density at radius 2 is 1.79 bits per heavy atom. The lowest BCUT2D eigenvalue weighted by molar-refractivity contribution is 0.0914. The number of fused-ring (bicyclic) bond motifs is 1. The molecule has 1 aliphatic rings. The van der Waals surface area contributed by atoms with Gasteiger partial charge in [0.15, 0.2) is 0 Å². The van der Waals surface area contributed by atoms with Crippen molar-refractivity contribution in [1.82, 2.24) is 10.6 Å². The predicted molar refractivity (Wildman–Crippen MR) is 109 cm³/mol. The molecule has 0 saturated heterocycles. The van der Waals surface area contributed by atoms with Crippen LogP contribution in [0, 0.1) is 0 Å². The molecule has 0 radical (unpaired) electrons. The Kier molecular flexibility index (Phi) is 6.33. The lowest BCUT2D eigenvalue weighted by atomic mass is 10.1. The first-order chi connectivity index (χ1) is 13.3. The van der Waals surface area contributed by atoms with Crippen molar-refractivity contribution in [3.8, 4) is 0 Å². The molecule has 0 aliphatic heterocycles. The molecule has 7 nitrogen and oxygen atoms in total. The SMILES string of the molecule is CS(=O)(=O)Nc1cccc(C(=O)NC[C@@H](O)CNC2Cc3ccccc3C2)c1. The zero-order chi connectivity index (χ0) is 20.1. The number of carbonyl (C=O) groups excluding carboxylic acids is 1. The van der Waals surface area contributed by atoms with E-state index >= 15 is 0 Å². The van der Waals surface area contributed by atoms with Crippen LogP contribution in [0.3, 0.4) is 0 Å². The van der Waals surface area contributed by atoms with Crippen LogP contribution in [0.15, 0.2) is 48.5 Å².